The molecule has 1 aliphatic rings. The van der Waals surface area contributed by atoms with Crippen molar-refractivity contribution in [3.63, 3.8) is 0 Å². The number of aromatic amines is 1. The van der Waals surface area contributed by atoms with Gasteiger partial charge in [0.05, 0.1) is 12.1 Å². The summed E-state index contributed by atoms with van der Waals surface area (Å²) in [6, 6.07) is 19.6. The Bertz CT molecular complexity index is 1110. The van der Waals surface area contributed by atoms with Gasteiger partial charge in [-0.25, -0.2) is 0 Å². The molecule has 5 nitrogen and oxygen atoms in total. The quantitative estimate of drug-likeness (QED) is 0.523. The van der Waals surface area contributed by atoms with E-state index in [-0.39, 0.29) is 18.1 Å². The molecule has 158 valence electrons. The second-order valence-corrected chi connectivity index (χ2v) is 7.91. The summed E-state index contributed by atoms with van der Waals surface area (Å²) in [5.74, 6) is 1.49. The lowest BCUT2D eigenvalue weighted by atomic mass is 10.1. The SMILES string of the molecule is C=C1C=Cc2cc(C(=O)NC(C)c3ccccc3)[nH]c2N1c1ccc(OC(C)C)cc1. The first-order valence-electron chi connectivity index (χ1n) is 10.4. The predicted molar refractivity (Wildman–Crippen MR) is 126 cm³/mol. The second kappa shape index (κ2) is 8.56. The normalized spacial score (nSPS) is 13.8. The minimum absolute atomic E-state index is 0.0934. The minimum Gasteiger partial charge on any atom is -0.491 e. The van der Waals surface area contributed by atoms with E-state index in [1.807, 2.05) is 98.5 Å². The van der Waals surface area contributed by atoms with Crippen LogP contribution in [0.4, 0.5) is 11.5 Å². The van der Waals surface area contributed by atoms with E-state index in [1.165, 1.54) is 0 Å². The smallest absolute Gasteiger partial charge is 0.268 e. The third-order valence-corrected chi connectivity index (χ3v) is 5.15. The molecule has 0 bridgehead atoms. The summed E-state index contributed by atoms with van der Waals surface area (Å²) in [5, 5.41) is 3.06. The summed E-state index contributed by atoms with van der Waals surface area (Å²) >= 11 is 0. The molecule has 1 aromatic heterocycles. The first-order chi connectivity index (χ1) is 14.9. The lowest BCUT2D eigenvalue weighted by Gasteiger charge is -2.27. The number of carbonyl (C=O) groups excluding carboxylic acids is 1. The number of ether oxygens (including phenoxy) is 1. The molecule has 0 aliphatic carbocycles. The molecule has 31 heavy (non-hydrogen) atoms. The fourth-order valence-electron chi connectivity index (χ4n) is 3.64. The molecule has 0 spiro atoms. The largest absolute Gasteiger partial charge is 0.491 e. The van der Waals surface area contributed by atoms with E-state index < -0.39 is 0 Å². The lowest BCUT2D eigenvalue weighted by Crippen LogP contribution is -2.27. The third kappa shape index (κ3) is 4.40. The maximum atomic E-state index is 12.9. The number of nitrogens with one attached hydrogen (secondary N) is 2. The number of anilines is 2. The number of rotatable bonds is 6. The fourth-order valence-corrected chi connectivity index (χ4v) is 3.64. The molecule has 5 heteroatoms. The van der Waals surface area contributed by atoms with Crippen molar-refractivity contribution in [2.24, 2.45) is 0 Å². The van der Waals surface area contributed by atoms with Gasteiger partial charge in [-0.3, -0.25) is 9.69 Å². The predicted octanol–water partition coefficient (Wildman–Crippen LogP) is 5.97. The number of carbonyl (C=O) groups is 1. The van der Waals surface area contributed by atoms with E-state index in [2.05, 4.69) is 16.9 Å². The summed E-state index contributed by atoms with van der Waals surface area (Å²) in [7, 11) is 0. The van der Waals surface area contributed by atoms with Crippen molar-refractivity contribution in [1.29, 1.82) is 0 Å². The molecular weight excluding hydrogens is 386 g/mol. The standard InChI is InChI=1S/C26H27N3O2/c1-17(2)31-23-14-12-22(13-15-23)29-18(3)10-11-21-16-24(28-25(21)29)26(30)27-19(4)20-8-6-5-7-9-20/h5-17,19,28H,3H2,1-2,4H3,(H,27,30). The maximum absolute atomic E-state index is 12.9. The Morgan fingerprint density at radius 2 is 1.74 bits per heavy atom. The van der Waals surface area contributed by atoms with Crippen LogP contribution in [0, 0.1) is 0 Å². The molecule has 2 aromatic carbocycles. The zero-order valence-corrected chi connectivity index (χ0v) is 18.1. The van der Waals surface area contributed by atoms with Crippen molar-refractivity contribution in [1.82, 2.24) is 10.3 Å². The molecule has 0 radical (unpaired) electrons. The van der Waals surface area contributed by atoms with E-state index in [4.69, 9.17) is 4.74 Å². The average molecular weight is 414 g/mol. The van der Waals surface area contributed by atoms with Gasteiger partial charge >= 0.3 is 0 Å². The van der Waals surface area contributed by atoms with Gasteiger partial charge in [0, 0.05) is 16.9 Å². The molecule has 2 N–H and O–H groups in total. The van der Waals surface area contributed by atoms with Crippen molar-refractivity contribution < 1.29 is 9.53 Å². The first-order valence-corrected chi connectivity index (χ1v) is 10.4. The Morgan fingerprint density at radius 3 is 2.42 bits per heavy atom. The molecule has 1 aliphatic heterocycles. The van der Waals surface area contributed by atoms with Gasteiger partial charge in [-0.05, 0) is 68.8 Å². The fraction of sp³-hybridized carbons (Fsp3) is 0.192. The highest BCUT2D eigenvalue weighted by molar-refractivity contribution is 5.96. The Balaban J connectivity index is 1.57. The molecule has 0 saturated heterocycles. The number of benzene rings is 2. The number of allylic oxidation sites excluding steroid dienone is 1. The molecule has 4 rings (SSSR count). The van der Waals surface area contributed by atoms with Gasteiger partial charge in [0.15, 0.2) is 0 Å². The molecule has 2 heterocycles. The van der Waals surface area contributed by atoms with Crippen molar-refractivity contribution in [2.45, 2.75) is 32.9 Å². The van der Waals surface area contributed by atoms with Crippen molar-refractivity contribution in [2.75, 3.05) is 4.90 Å². The van der Waals surface area contributed by atoms with Crippen LogP contribution >= 0.6 is 0 Å². The maximum Gasteiger partial charge on any atom is 0.268 e. The number of amides is 1. The summed E-state index contributed by atoms with van der Waals surface area (Å²) < 4.78 is 5.75. The van der Waals surface area contributed by atoms with E-state index in [1.54, 1.807) is 0 Å². The van der Waals surface area contributed by atoms with Crippen LogP contribution in [0.5, 0.6) is 5.75 Å². The van der Waals surface area contributed by atoms with Gasteiger partial charge in [-0.1, -0.05) is 36.9 Å². The zero-order valence-electron chi connectivity index (χ0n) is 18.1. The number of hydrogen-bond acceptors (Lipinski definition) is 3. The number of aromatic nitrogens is 1. The summed E-state index contributed by atoms with van der Waals surface area (Å²) in [5.41, 5.74) is 4.27. The van der Waals surface area contributed by atoms with Crippen LogP contribution in [0.1, 0.15) is 48.4 Å². The molecule has 1 unspecified atom stereocenters. The van der Waals surface area contributed by atoms with Crippen LogP contribution in [-0.2, 0) is 0 Å². The highest BCUT2D eigenvalue weighted by Crippen LogP contribution is 2.37. The summed E-state index contributed by atoms with van der Waals surface area (Å²) in [6.07, 6.45) is 4.04. The Kier molecular flexibility index (Phi) is 5.67. The first kappa shape index (κ1) is 20.5. The van der Waals surface area contributed by atoms with Crippen LogP contribution < -0.4 is 15.0 Å². The van der Waals surface area contributed by atoms with E-state index in [0.29, 0.717) is 5.69 Å². The van der Waals surface area contributed by atoms with Crippen LogP contribution in [-0.4, -0.2) is 17.0 Å². The molecule has 1 atom stereocenters. The van der Waals surface area contributed by atoms with Crippen LogP contribution in [0.3, 0.4) is 0 Å². The van der Waals surface area contributed by atoms with Gasteiger partial charge in [-0.15, -0.1) is 0 Å². The average Bonchev–Trinajstić information content (AvgIpc) is 3.19. The van der Waals surface area contributed by atoms with E-state index >= 15 is 0 Å². The number of hydrogen-bond donors (Lipinski definition) is 2. The van der Waals surface area contributed by atoms with Crippen LogP contribution in [0.2, 0.25) is 0 Å². The molecule has 1 amide bonds. The lowest BCUT2D eigenvalue weighted by molar-refractivity contribution is 0.0935. The van der Waals surface area contributed by atoms with E-state index in [0.717, 1.165) is 34.1 Å². The van der Waals surface area contributed by atoms with Crippen LogP contribution in [0.25, 0.3) is 6.08 Å². The highest BCUT2D eigenvalue weighted by Gasteiger charge is 2.23. The summed E-state index contributed by atoms with van der Waals surface area (Å²) in [4.78, 5) is 18.2. The monoisotopic (exact) mass is 413 g/mol. The van der Waals surface area contributed by atoms with Crippen molar-refractivity contribution >= 4 is 23.5 Å². The van der Waals surface area contributed by atoms with Crippen molar-refractivity contribution in [3.05, 3.63) is 95.8 Å². The Hall–Kier alpha value is -3.73. The van der Waals surface area contributed by atoms with Crippen LogP contribution in [0.15, 0.2) is 79.0 Å². The molecule has 0 saturated carbocycles. The zero-order chi connectivity index (χ0) is 22.0. The molecule has 3 aromatic rings. The van der Waals surface area contributed by atoms with Gasteiger partial charge in [0.2, 0.25) is 0 Å². The van der Waals surface area contributed by atoms with Gasteiger partial charge in [0.25, 0.3) is 5.91 Å². The topological polar surface area (TPSA) is 57.4 Å². The number of fused-ring (bicyclic) bond motifs is 1. The number of H-pyrrole nitrogens is 1. The highest BCUT2D eigenvalue weighted by atomic mass is 16.5. The van der Waals surface area contributed by atoms with Gasteiger partial charge < -0.3 is 15.0 Å². The van der Waals surface area contributed by atoms with Gasteiger partial charge in [-0.2, -0.15) is 0 Å². The van der Waals surface area contributed by atoms with E-state index in [9.17, 15) is 4.79 Å². The second-order valence-electron chi connectivity index (χ2n) is 7.91. The molecular formula is C26H27N3O2. The Labute approximate surface area is 183 Å². The summed E-state index contributed by atoms with van der Waals surface area (Å²) in [6.45, 7) is 10.2. The molecule has 0 fully saturated rings. The Morgan fingerprint density at radius 1 is 1.03 bits per heavy atom. The number of nitrogens with zero attached hydrogens (tertiary/aromatic N) is 1. The van der Waals surface area contributed by atoms with Gasteiger partial charge in [0.1, 0.15) is 17.3 Å². The van der Waals surface area contributed by atoms with Crippen molar-refractivity contribution in [3.8, 4) is 5.75 Å². The minimum atomic E-state index is -0.148. The third-order valence-electron chi connectivity index (χ3n) is 5.15.